The lowest BCUT2D eigenvalue weighted by atomic mass is 10.1. The Morgan fingerprint density at radius 1 is 1.53 bits per heavy atom. The Bertz CT molecular complexity index is 211. The fraction of sp³-hybridized carbons (Fsp3) is 1.00. The largest absolute Gasteiger partial charge is 0.313 e. The molecule has 1 rings (SSSR count). The Hall–Kier alpha value is 0.0700. The van der Waals surface area contributed by atoms with Gasteiger partial charge in [0.15, 0.2) is 0 Å². The first kappa shape index (κ1) is 13.1. The summed E-state index contributed by atoms with van der Waals surface area (Å²) in [5.74, 6) is 0. The van der Waals surface area contributed by atoms with E-state index in [-0.39, 0.29) is 0 Å². The summed E-state index contributed by atoms with van der Waals surface area (Å²) in [6.45, 7) is 8.59. The zero-order chi connectivity index (χ0) is 11.3. The van der Waals surface area contributed by atoms with Gasteiger partial charge in [0, 0.05) is 48.0 Å². The fourth-order valence-electron chi connectivity index (χ4n) is 1.98. The number of nitrogens with zero attached hydrogens (tertiary/aromatic N) is 1. The first-order chi connectivity index (χ1) is 7.13. The van der Waals surface area contributed by atoms with E-state index in [9.17, 15) is 4.21 Å². The highest BCUT2D eigenvalue weighted by Crippen LogP contribution is 2.06. The molecule has 3 atom stereocenters. The molecule has 3 nitrogen and oxygen atoms in total. The van der Waals surface area contributed by atoms with Crippen molar-refractivity contribution in [3.05, 3.63) is 0 Å². The molecule has 4 heteroatoms. The molecule has 1 heterocycles. The highest BCUT2D eigenvalue weighted by molar-refractivity contribution is 7.84. The minimum atomic E-state index is -0.690. The molecule has 0 aromatic heterocycles. The van der Waals surface area contributed by atoms with Crippen LogP contribution in [0.15, 0.2) is 0 Å². The van der Waals surface area contributed by atoms with E-state index in [1.807, 2.05) is 0 Å². The van der Waals surface area contributed by atoms with Crippen LogP contribution in [-0.2, 0) is 10.8 Å². The van der Waals surface area contributed by atoms with E-state index >= 15 is 0 Å². The van der Waals surface area contributed by atoms with Crippen molar-refractivity contribution in [2.45, 2.75) is 38.0 Å². The van der Waals surface area contributed by atoms with Crippen LogP contribution in [0.5, 0.6) is 0 Å². The molecule has 15 heavy (non-hydrogen) atoms. The molecule has 0 radical (unpaired) electrons. The molecule has 0 aliphatic carbocycles. The molecule has 1 fully saturated rings. The third kappa shape index (κ3) is 4.62. The van der Waals surface area contributed by atoms with Crippen LogP contribution >= 0.6 is 0 Å². The molecular formula is C11H24N2OS. The standard InChI is InChI=1S/C11H24N2OS/c1-4-11-5-7-13(8-6-12-11)9-10(2)15(3)14/h10-12H,4-9H2,1-3H3. The molecule has 90 valence electrons. The van der Waals surface area contributed by atoms with Crippen LogP contribution < -0.4 is 5.32 Å². The topological polar surface area (TPSA) is 32.3 Å². The average Bonchev–Trinajstić information content (AvgIpc) is 2.43. The molecule has 0 saturated carbocycles. The summed E-state index contributed by atoms with van der Waals surface area (Å²) in [5.41, 5.74) is 0. The van der Waals surface area contributed by atoms with Gasteiger partial charge < -0.3 is 10.2 Å². The highest BCUT2D eigenvalue weighted by atomic mass is 32.2. The molecule has 0 spiro atoms. The molecule has 1 N–H and O–H groups in total. The van der Waals surface area contributed by atoms with Gasteiger partial charge >= 0.3 is 0 Å². The van der Waals surface area contributed by atoms with Crippen molar-refractivity contribution in [3.63, 3.8) is 0 Å². The van der Waals surface area contributed by atoms with Crippen LogP contribution in [0.1, 0.15) is 26.7 Å². The maximum atomic E-state index is 11.3. The van der Waals surface area contributed by atoms with Gasteiger partial charge in [-0.1, -0.05) is 6.92 Å². The van der Waals surface area contributed by atoms with Gasteiger partial charge in [0.1, 0.15) is 0 Å². The second-order valence-electron chi connectivity index (χ2n) is 4.46. The monoisotopic (exact) mass is 232 g/mol. The van der Waals surface area contributed by atoms with Crippen molar-refractivity contribution in [1.82, 2.24) is 10.2 Å². The van der Waals surface area contributed by atoms with E-state index in [0.717, 1.165) is 26.2 Å². The number of hydrogen-bond acceptors (Lipinski definition) is 3. The summed E-state index contributed by atoms with van der Waals surface area (Å²) in [7, 11) is -0.690. The zero-order valence-corrected chi connectivity index (χ0v) is 11.0. The van der Waals surface area contributed by atoms with E-state index in [1.165, 1.54) is 12.8 Å². The second kappa shape index (κ2) is 6.61. The van der Waals surface area contributed by atoms with Crippen LogP contribution in [0.4, 0.5) is 0 Å². The summed E-state index contributed by atoms with van der Waals surface area (Å²) in [6, 6.07) is 0.678. The van der Waals surface area contributed by atoms with Crippen molar-refractivity contribution in [3.8, 4) is 0 Å². The van der Waals surface area contributed by atoms with Crippen LogP contribution in [0.3, 0.4) is 0 Å². The SMILES string of the molecule is CCC1CCN(CC(C)S(C)=O)CCN1. The van der Waals surface area contributed by atoms with Crippen molar-refractivity contribution >= 4 is 10.8 Å². The van der Waals surface area contributed by atoms with Gasteiger partial charge in [-0.2, -0.15) is 0 Å². The maximum absolute atomic E-state index is 11.3. The number of nitrogens with one attached hydrogen (secondary N) is 1. The lowest BCUT2D eigenvalue weighted by Gasteiger charge is -2.22. The van der Waals surface area contributed by atoms with Gasteiger partial charge in [-0.25, -0.2) is 0 Å². The Kier molecular flexibility index (Phi) is 5.79. The molecule has 1 aliphatic rings. The second-order valence-corrected chi connectivity index (χ2v) is 6.26. The highest BCUT2D eigenvalue weighted by Gasteiger charge is 2.17. The van der Waals surface area contributed by atoms with Gasteiger partial charge in [0.05, 0.1) is 0 Å². The molecule has 0 aromatic rings. The van der Waals surface area contributed by atoms with Crippen molar-refractivity contribution in [1.29, 1.82) is 0 Å². The van der Waals surface area contributed by atoms with Gasteiger partial charge in [0.2, 0.25) is 0 Å². The van der Waals surface area contributed by atoms with Gasteiger partial charge in [0.25, 0.3) is 0 Å². The first-order valence-electron chi connectivity index (χ1n) is 5.91. The Labute approximate surface area is 96.1 Å². The van der Waals surface area contributed by atoms with Crippen LogP contribution in [0.2, 0.25) is 0 Å². The van der Waals surface area contributed by atoms with Gasteiger partial charge in [-0.3, -0.25) is 4.21 Å². The molecule has 0 bridgehead atoms. The summed E-state index contributed by atoms with van der Waals surface area (Å²) < 4.78 is 11.3. The number of hydrogen-bond donors (Lipinski definition) is 1. The van der Waals surface area contributed by atoms with E-state index in [2.05, 4.69) is 24.1 Å². The summed E-state index contributed by atoms with van der Waals surface area (Å²) in [5, 5.41) is 3.84. The predicted molar refractivity (Wildman–Crippen MR) is 66.7 cm³/mol. The Balaban J connectivity index is 2.34. The molecule has 3 unspecified atom stereocenters. The molecule has 1 saturated heterocycles. The van der Waals surface area contributed by atoms with Gasteiger partial charge in [-0.05, 0) is 26.3 Å². The van der Waals surface area contributed by atoms with Crippen LogP contribution in [-0.4, -0.2) is 52.8 Å². The van der Waals surface area contributed by atoms with E-state index < -0.39 is 10.8 Å². The lowest BCUT2D eigenvalue weighted by molar-refractivity contribution is 0.292. The molecule has 1 aliphatic heterocycles. The average molecular weight is 232 g/mol. The minimum absolute atomic E-state index is 0.295. The Morgan fingerprint density at radius 2 is 2.27 bits per heavy atom. The number of rotatable bonds is 4. The zero-order valence-electron chi connectivity index (χ0n) is 10.2. The molecule has 0 amide bonds. The van der Waals surface area contributed by atoms with Crippen LogP contribution in [0, 0.1) is 0 Å². The summed E-state index contributed by atoms with van der Waals surface area (Å²) >= 11 is 0. The van der Waals surface area contributed by atoms with Crippen molar-refractivity contribution in [2.24, 2.45) is 0 Å². The lowest BCUT2D eigenvalue weighted by Crippen LogP contribution is -2.35. The minimum Gasteiger partial charge on any atom is -0.313 e. The third-order valence-electron chi connectivity index (χ3n) is 3.23. The summed E-state index contributed by atoms with van der Waals surface area (Å²) in [4.78, 5) is 2.44. The normalized spacial score (nSPS) is 28.3. The van der Waals surface area contributed by atoms with E-state index in [1.54, 1.807) is 6.26 Å². The first-order valence-corrected chi connectivity index (χ1v) is 7.53. The smallest absolute Gasteiger partial charge is 0.0444 e. The van der Waals surface area contributed by atoms with Crippen LogP contribution in [0.25, 0.3) is 0 Å². The van der Waals surface area contributed by atoms with E-state index in [0.29, 0.717) is 11.3 Å². The molecule has 0 aromatic carbocycles. The molecular weight excluding hydrogens is 208 g/mol. The van der Waals surface area contributed by atoms with Crippen molar-refractivity contribution < 1.29 is 4.21 Å². The van der Waals surface area contributed by atoms with Crippen molar-refractivity contribution in [2.75, 3.05) is 32.4 Å². The third-order valence-corrected chi connectivity index (χ3v) is 4.51. The Morgan fingerprint density at radius 3 is 2.87 bits per heavy atom. The van der Waals surface area contributed by atoms with Gasteiger partial charge in [-0.15, -0.1) is 0 Å². The predicted octanol–water partition coefficient (Wildman–Crippen LogP) is 0.827. The summed E-state index contributed by atoms with van der Waals surface area (Å²) in [6.07, 6.45) is 4.23. The maximum Gasteiger partial charge on any atom is 0.0444 e. The fourth-order valence-corrected chi connectivity index (χ4v) is 2.40. The van der Waals surface area contributed by atoms with E-state index in [4.69, 9.17) is 0 Å². The quantitative estimate of drug-likeness (QED) is 0.779.